The van der Waals surface area contributed by atoms with E-state index >= 15 is 0 Å². The fourth-order valence-corrected chi connectivity index (χ4v) is 4.35. The summed E-state index contributed by atoms with van der Waals surface area (Å²) < 4.78 is 0. The number of benzene rings is 2. The molecule has 2 saturated heterocycles. The number of piperidine rings is 1. The monoisotopic (exact) mass is 406 g/mol. The van der Waals surface area contributed by atoms with Crippen molar-refractivity contribution in [3.8, 4) is 0 Å². The lowest BCUT2D eigenvalue weighted by Gasteiger charge is -2.26. The highest BCUT2D eigenvalue weighted by molar-refractivity contribution is 6.07. The Labute approximate surface area is 178 Å². The molecule has 0 unspecified atom stereocenters. The third kappa shape index (κ3) is 4.82. The van der Waals surface area contributed by atoms with Crippen molar-refractivity contribution < 1.29 is 9.59 Å². The number of amides is 2. The van der Waals surface area contributed by atoms with E-state index in [0.29, 0.717) is 16.8 Å². The molecule has 0 saturated carbocycles. The van der Waals surface area contributed by atoms with E-state index in [4.69, 9.17) is 5.73 Å². The van der Waals surface area contributed by atoms with Crippen LogP contribution < -0.4 is 16.0 Å². The molecule has 2 aromatic rings. The van der Waals surface area contributed by atoms with Crippen molar-refractivity contribution in [2.24, 2.45) is 5.73 Å². The van der Waals surface area contributed by atoms with Gasteiger partial charge in [-0.25, -0.2) is 0 Å². The maximum atomic E-state index is 12.9. The van der Waals surface area contributed by atoms with Crippen LogP contribution in [0.15, 0.2) is 42.5 Å². The second-order valence-corrected chi connectivity index (χ2v) is 8.28. The summed E-state index contributed by atoms with van der Waals surface area (Å²) in [5.74, 6) is -0.679. The van der Waals surface area contributed by atoms with Crippen LogP contribution in [0.1, 0.15) is 58.4 Å². The molecule has 0 aromatic heterocycles. The summed E-state index contributed by atoms with van der Waals surface area (Å²) in [5.41, 5.74) is 9.25. The molecule has 0 radical (unpaired) electrons. The number of likely N-dealkylation sites (tertiary alicyclic amines) is 1. The van der Waals surface area contributed by atoms with Crippen LogP contribution in [0.25, 0.3) is 0 Å². The van der Waals surface area contributed by atoms with E-state index in [1.807, 2.05) is 30.3 Å². The molecule has 0 aliphatic carbocycles. The van der Waals surface area contributed by atoms with E-state index in [1.54, 1.807) is 12.1 Å². The molecule has 2 aromatic carbocycles. The smallest absolute Gasteiger partial charge is 0.255 e. The zero-order chi connectivity index (χ0) is 20.9. The molecular formula is C24H30N4O2. The quantitative estimate of drug-likeness (QED) is 0.768. The Hall–Kier alpha value is -2.86. The molecule has 158 valence electrons. The summed E-state index contributed by atoms with van der Waals surface area (Å²) in [6, 6.07) is 13.1. The Morgan fingerprint density at radius 1 is 0.833 bits per heavy atom. The maximum absolute atomic E-state index is 12.9. The lowest BCUT2D eigenvalue weighted by molar-refractivity contribution is 0.0996. The fourth-order valence-electron chi connectivity index (χ4n) is 4.35. The van der Waals surface area contributed by atoms with Crippen LogP contribution in [-0.4, -0.2) is 42.9 Å². The van der Waals surface area contributed by atoms with Gasteiger partial charge < -0.3 is 16.0 Å². The predicted octanol–water partition coefficient (Wildman–Crippen LogP) is 3.62. The fraction of sp³-hybridized carbons (Fsp3) is 0.417. The molecule has 2 aliphatic rings. The number of anilines is 2. The lowest BCUT2D eigenvalue weighted by Crippen LogP contribution is -2.29. The van der Waals surface area contributed by atoms with Crippen LogP contribution in [0.3, 0.4) is 0 Å². The number of carbonyl (C=O) groups is 2. The molecule has 3 N–H and O–H groups in total. The summed E-state index contributed by atoms with van der Waals surface area (Å²) in [5, 5.41) is 3.00. The highest BCUT2D eigenvalue weighted by atomic mass is 16.2. The van der Waals surface area contributed by atoms with Gasteiger partial charge in [-0.3, -0.25) is 14.5 Å². The zero-order valence-electron chi connectivity index (χ0n) is 17.4. The van der Waals surface area contributed by atoms with E-state index in [2.05, 4.69) is 15.1 Å². The Kier molecular flexibility index (Phi) is 6.33. The minimum atomic E-state index is -0.500. The van der Waals surface area contributed by atoms with Crippen molar-refractivity contribution in [1.82, 2.24) is 4.90 Å². The highest BCUT2D eigenvalue weighted by Crippen LogP contribution is 2.30. The lowest BCUT2D eigenvalue weighted by atomic mass is 10.1. The number of hydrogen-bond acceptors (Lipinski definition) is 4. The van der Waals surface area contributed by atoms with Crippen LogP contribution in [0.4, 0.5) is 11.4 Å². The molecule has 2 amide bonds. The van der Waals surface area contributed by atoms with Crippen molar-refractivity contribution in [2.75, 3.05) is 36.4 Å². The van der Waals surface area contributed by atoms with E-state index in [0.717, 1.165) is 51.3 Å². The molecule has 6 nitrogen and oxygen atoms in total. The van der Waals surface area contributed by atoms with Crippen molar-refractivity contribution >= 4 is 23.2 Å². The largest absolute Gasteiger partial charge is 0.370 e. The van der Waals surface area contributed by atoms with Gasteiger partial charge in [0.05, 0.1) is 11.4 Å². The van der Waals surface area contributed by atoms with Crippen molar-refractivity contribution in [2.45, 2.75) is 38.6 Å². The Bertz CT molecular complexity index is 898. The molecule has 4 rings (SSSR count). The van der Waals surface area contributed by atoms with Gasteiger partial charge >= 0.3 is 0 Å². The first-order valence-corrected chi connectivity index (χ1v) is 10.9. The number of nitrogens with one attached hydrogen (secondary N) is 1. The number of primary amides is 1. The van der Waals surface area contributed by atoms with Gasteiger partial charge in [0.2, 0.25) is 5.91 Å². The third-order valence-corrected chi connectivity index (χ3v) is 6.05. The van der Waals surface area contributed by atoms with Crippen molar-refractivity contribution in [1.29, 1.82) is 0 Å². The summed E-state index contributed by atoms with van der Waals surface area (Å²) in [6.07, 6.45) is 6.12. The van der Waals surface area contributed by atoms with E-state index < -0.39 is 5.91 Å². The molecule has 2 heterocycles. The van der Waals surface area contributed by atoms with Gasteiger partial charge in [-0.05, 0) is 74.7 Å². The Morgan fingerprint density at radius 2 is 1.47 bits per heavy atom. The summed E-state index contributed by atoms with van der Waals surface area (Å²) in [7, 11) is 0. The van der Waals surface area contributed by atoms with Crippen LogP contribution in [0.2, 0.25) is 0 Å². The first-order valence-electron chi connectivity index (χ1n) is 10.9. The average molecular weight is 407 g/mol. The minimum Gasteiger partial charge on any atom is -0.370 e. The van der Waals surface area contributed by atoms with Gasteiger partial charge in [0.25, 0.3) is 5.91 Å². The van der Waals surface area contributed by atoms with Crippen LogP contribution in [0.5, 0.6) is 0 Å². The molecule has 2 fully saturated rings. The molecule has 0 spiro atoms. The highest BCUT2D eigenvalue weighted by Gasteiger charge is 2.19. The number of hydrogen-bond donors (Lipinski definition) is 2. The minimum absolute atomic E-state index is 0.179. The van der Waals surface area contributed by atoms with Gasteiger partial charge in [0, 0.05) is 30.8 Å². The topological polar surface area (TPSA) is 78.7 Å². The standard InChI is InChI=1S/C24H30N4O2/c25-23(29)20-10-11-22(28-14-4-5-15-28)21(16-20)26-24(30)19-8-6-18(7-9-19)17-27-12-2-1-3-13-27/h6-11,16H,1-5,12-15,17H2,(H2,25,29)(H,26,30). The van der Waals surface area contributed by atoms with Gasteiger partial charge in [0.15, 0.2) is 0 Å². The Balaban J connectivity index is 1.48. The third-order valence-electron chi connectivity index (χ3n) is 6.05. The molecule has 0 bridgehead atoms. The first kappa shape index (κ1) is 20.4. The van der Waals surface area contributed by atoms with Gasteiger partial charge in [0.1, 0.15) is 0 Å². The van der Waals surface area contributed by atoms with Crippen molar-refractivity contribution in [3.05, 3.63) is 59.2 Å². The Morgan fingerprint density at radius 3 is 2.13 bits per heavy atom. The van der Waals surface area contributed by atoms with Gasteiger partial charge in [-0.15, -0.1) is 0 Å². The number of nitrogens with zero attached hydrogens (tertiary/aromatic N) is 2. The SMILES string of the molecule is NC(=O)c1ccc(N2CCCC2)c(NC(=O)c2ccc(CN3CCCCC3)cc2)c1. The van der Waals surface area contributed by atoms with Gasteiger partial charge in [-0.2, -0.15) is 0 Å². The molecule has 2 aliphatic heterocycles. The first-order chi connectivity index (χ1) is 14.6. The van der Waals surface area contributed by atoms with Crippen molar-refractivity contribution in [3.63, 3.8) is 0 Å². The second kappa shape index (κ2) is 9.30. The second-order valence-electron chi connectivity index (χ2n) is 8.28. The maximum Gasteiger partial charge on any atom is 0.255 e. The number of nitrogens with two attached hydrogens (primary N) is 1. The van der Waals surface area contributed by atoms with Gasteiger partial charge in [-0.1, -0.05) is 18.6 Å². The summed E-state index contributed by atoms with van der Waals surface area (Å²) in [4.78, 5) is 29.2. The summed E-state index contributed by atoms with van der Waals surface area (Å²) >= 11 is 0. The average Bonchev–Trinajstić information content (AvgIpc) is 3.29. The van der Waals surface area contributed by atoms with Crippen LogP contribution >= 0.6 is 0 Å². The normalized spacial score (nSPS) is 17.1. The predicted molar refractivity (Wildman–Crippen MR) is 120 cm³/mol. The van der Waals surface area contributed by atoms with Crippen LogP contribution in [-0.2, 0) is 6.54 Å². The molecule has 30 heavy (non-hydrogen) atoms. The summed E-state index contributed by atoms with van der Waals surface area (Å²) in [6.45, 7) is 5.13. The molecule has 6 heteroatoms. The zero-order valence-corrected chi connectivity index (χ0v) is 17.4. The number of carbonyl (C=O) groups excluding carboxylic acids is 2. The van der Waals surface area contributed by atoms with E-state index in [-0.39, 0.29) is 5.91 Å². The van der Waals surface area contributed by atoms with E-state index in [9.17, 15) is 9.59 Å². The molecule has 0 atom stereocenters. The molecular weight excluding hydrogens is 376 g/mol. The number of rotatable bonds is 6. The van der Waals surface area contributed by atoms with E-state index in [1.165, 1.54) is 24.8 Å². The van der Waals surface area contributed by atoms with Crippen LogP contribution in [0, 0.1) is 0 Å².